The number of nitrogens with one attached hydrogen (secondary N) is 2. The summed E-state index contributed by atoms with van der Waals surface area (Å²) in [5.41, 5.74) is 3.85. The normalized spacial score (nSPS) is 11.6. The van der Waals surface area contributed by atoms with Crippen molar-refractivity contribution < 1.29 is 13.2 Å². The number of rotatable bonds is 6. The number of carbonyl (C=O) groups is 1. The summed E-state index contributed by atoms with van der Waals surface area (Å²) < 4.78 is 26.7. The van der Waals surface area contributed by atoms with Gasteiger partial charge in [-0.25, -0.2) is 13.1 Å². The van der Waals surface area contributed by atoms with E-state index in [4.69, 9.17) is 0 Å². The Bertz CT molecular complexity index is 857. The van der Waals surface area contributed by atoms with Crippen LogP contribution in [0.15, 0.2) is 47.4 Å². The predicted octanol–water partition coefficient (Wildman–Crippen LogP) is 3.17. The third kappa shape index (κ3) is 5.41. The molecule has 0 saturated heterocycles. The Hall–Kier alpha value is -2.18. The summed E-state index contributed by atoms with van der Waals surface area (Å²) in [7, 11) is -3.52. The molecule has 5 nitrogen and oxygen atoms in total. The van der Waals surface area contributed by atoms with Gasteiger partial charge >= 0.3 is 0 Å². The minimum Gasteiger partial charge on any atom is -0.326 e. The maximum absolute atomic E-state index is 12.2. The number of aryl methyl sites for hydroxylation is 2. The minimum atomic E-state index is -3.52. The molecule has 0 heterocycles. The number of anilines is 1. The van der Waals surface area contributed by atoms with Gasteiger partial charge in [-0.05, 0) is 68.7 Å². The highest BCUT2D eigenvalue weighted by Crippen LogP contribution is 2.15. The Morgan fingerprint density at radius 1 is 1.00 bits per heavy atom. The van der Waals surface area contributed by atoms with Gasteiger partial charge in [0.15, 0.2) is 0 Å². The zero-order valence-electron chi connectivity index (χ0n) is 15.0. The molecule has 1 amide bonds. The lowest BCUT2D eigenvalue weighted by atomic mass is 10.0. The first-order chi connectivity index (χ1) is 11.7. The molecule has 2 aromatic rings. The van der Waals surface area contributed by atoms with Crippen LogP contribution in [0.1, 0.15) is 30.5 Å². The molecule has 0 spiro atoms. The Morgan fingerprint density at radius 3 is 2.20 bits per heavy atom. The predicted molar refractivity (Wildman–Crippen MR) is 100 cm³/mol. The van der Waals surface area contributed by atoms with Crippen LogP contribution in [-0.2, 0) is 21.2 Å². The molecule has 2 aromatic carbocycles. The molecule has 0 aliphatic rings. The molecule has 0 radical (unpaired) electrons. The SMILES string of the molecule is Cc1ccc(CC(=O)Nc2ccc(S(=O)(=O)NC(C)C)cc2)cc1C. The second-order valence-corrected chi connectivity index (χ2v) is 8.16. The van der Waals surface area contributed by atoms with Gasteiger partial charge in [-0.3, -0.25) is 4.79 Å². The monoisotopic (exact) mass is 360 g/mol. The Labute approximate surface area is 149 Å². The van der Waals surface area contributed by atoms with Gasteiger partial charge < -0.3 is 5.32 Å². The molecule has 0 bridgehead atoms. The van der Waals surface area contributed by atoms with Crippen molar-refractivity contribution >= 4 is 21.6 Å². The molecule has 0 atom stereocenters. The number of benzene rings is 2. The van der Waals surface area contributed by atoms with Crippen molar-refractivity contribution in [2.45, 2.75) is 45.1 Å². The molecule has 25 heavy (non-hydrogen) atoms. The molecule has 0 aromatic heterocycles. The van der Waals surface area contributed by atoms with Crippen LogP contribution in [0.2, 0.25) is 0 Å². The van der Waals surface area contributed by atoms with Gasteiger partial charge in [0.05, 0.1) is 11.3 Å². The van der Waals surface area contributed by atoms with Crippen molar-refractivity contribution in [2.24, 2.45) is 0 Å². The molecule has 0 fully saturated rings. The molecule has 134 valence electrons. The van der Waals surface area contributed by atoms with Gasteiger partial charge in [-0.15, -0.1) is 0 Å². The summed E-state index contributed by atoms with van der Waals surface area (Å²) in [6, 6.07) is 11.9. The van der Waals surface area contributed by atoms with Crippen molar-refractivity contribution in [3.05, 3.63) is 59.2 Å². The highest BCUT2D eigenvalue weighted by atomic mass is 32.2. The van der Waals surface area contributed by atoms with E-state index in [1.807, 2.05) is 32.0 Å². The summed E-state index contributed by atoms with van der Waals surface area (Å²) in [5, 5.41) is 2.79. The molecule has 0 unspecified atom stereocenters. The van der Waals surface area contributed by atoms with Crippen molar-refractivity contribution in [2.75, 3.05) is 5.32 Å². The Balaban J connectivity index is 2.03. The lowest BCUT2D eigenvalue weighted by Gasteiger charge is -2.11. The van der Waals surface area contributed by atoms with E-state index in [0.717, 1.165) is 11.1 Å². The maximum atomic E-state index is 12.2. The Morgan fingerprint density at radius 2 is 1.64 bits per heavy atom. The van der Waals surface area contributed by atoms with Crippen LogP contribution in [0.3, 0.4) is 0 Å². The van der Waals surface area contributed by atoms with Crippen LogP contribution < -0.4 is 10.0 Å². The van der Waals surface area contributed by atoms with Crippen LogP contribution in [0, 0.1) is 13.8 Å². The minimum absolute atomic E-state index is 0.140. The summed E-state index contributed by atoms with van der Waals surface area (Å²) in [5.74, 6) is -0.140. The van der Waals surface area contributed by atoms with Crippen molar-refractivity contribution in [3.8, 4) is 0 Å². The smallest absolute Gasteiger partial charge is 0.240 e. The fourth-order valence-corrected chi connectivity index (χ4v) is 3.65. The lowest BCUT2D eigenvalue weighted by Crippen LogP contribution is -2.30. The quantitative estimate of drug-likeness (QED) is 0.831. The average Bonchev–Trinajstić information content (AvgIpc) is 2.50. The number of carbonyl (C=O) groups excluding carboxylic acids is 1. The van der Waals surface area contributed by atoms with E-state index in [0.29, 0.717) is 5.69 Å². The van der Waals surface area contributed by atoms with Gasteiger partial charge in [0.1, 0.15) is 0 Å². The topological polar surface area (TPSA) is 75.3 Å². The number of hydrogen-bond donors (Lipinski definition) is 2. The molecular formula is C19H24N2O3S. The molecule has 2 rings (SSSR count). The van der Waals surface area contributed by atoms with E-state index in [1.165, 1.54) is 17.7 Å². The third-order valence-corrected chi connectivity index (χ3v) is 5.45. The molecule has 0 aliphatic heterocycles. The lowest BCUT2D eigenvalue weighted by molar-refractivity contribution is -0.115. The van der Waals surface area contributed by atoms with Crippen molar-refractivity contribution in [1.82, 2.24) is 4.72 Å². The van der Waals surface area contributed by atoms with Crippen LogP contribution in [0.25, 0.3) is 0 Å². The zero-order chi connectivity index (χ0) is 18.6. The zero-order valence-corrected chi connectivity index (χ0v) is 15.8. The van der Waals surface area contributed by atoms with E-state index in [-0.39, 0.29) is 23.3 Å². The van der Waals surface area contributed by atoms with E-state index >= 15 is 0 Å². The van der Waals surface area contributed by atoms with Crippen LogP contribution in [-0.4, -0.2) is 20.4 Å². The average molecular weight is 360 g/mol. The third-order valence-electron chi connectivity index (χ3n) is 3.78. The fraction of sp³-hybridized carbons (Fsp3) is 0.316. The van der Waals surface area contributed by atoms with E-state index in [1.54, 1.807) is 26.0 Å². The molecule has 2 N–H and O–H groups in total. The number of hydrogen-bond acceptors (Lipinski definition) is 3. The summed E-state index contributed by atoms with van der Waals surface area (Å²) in [6.07, 6.45) is 0.274. The largest absolute Gasteiger partial charge is 0.326 e. The van der Waals surface area contributed by atoms with E-state index in [9.17, 15) is 13.2 Å². The first-order valence-corrected chi connectivity index (χ1v) is 9.64. The second kappa shape index (κ2) is 7.80. The van der Waals surface area contributed by atoms with E-state index < -0.39 is 10.0 Å². The van der Waals surface area contributed by atoms with Crippen LogP contribution >= 0.6 is 0 Å². The van der Waals surface area contributed by atoms with Crippen molar-refractivity contribution in [3.63, 3.8) is 0 Å². The molecule has 0 saturated carbocycles. The fourth-order valence-electron chi connectivity index (χ4n) is 2.40. The highest BCUT2D eigenvalue weighted by molar-refractivity contribution is 7.89. The van der Waals surface area contributed by atoms with Gasteiger partial charge in [-0.2, -0.15) is 0 Å². The summed E-state index contributed by atoms with van der Waals surface area (Å²) in [4.78, 5) is 12.3. The van der Waals surface area contributed by atoms with Crippen LogP contribution in [0.4, 0.5) is 5.69 Å². The molecule has 6 heteroatoms. The first kappa shape index (κ1) is 19.1. The summed E-state index contributed by atoms with van der Waals surface area (Å²) >= 11 is 0. The second-order valence-electron chi connectivity index (χ2n) is 6.44. The van der Waals surface area contributed by atoms with E-state index in [2.05, 4.69) is 10.0 Å². The number of sulfonamides is 1. The molecule has 0 aliphatic carbocycles. The van der Waals surface area contributed by atoms with Crippen molar-refractivity contribution in [1.29, 1.82) is 0 Å². The first-order valence-electron chi connectivity index (χ1n) is 8.16. The van der Waals surface area contributed by atoms with Gasteiger partial charge in [0.25, 0.3) is 0 Å². The standard InChI is InChI=1S/C19H24N2O3S/c1-13(2)21-25(23,24)18-9-7-17(8-10-18)20-19(22)12-16-6-5-14(3)15(4)11-16/h5-11,13,21H,12H2,1-4H3,(H,20,22). The maximum Gasteiger partial charge on any atom is 0.240 e. The van der Waals surface area contributed by atoms with Gasteiger partial charge in [0, 0.05) is 11.7 Å². The Kier molecular flexibility index (Phi) is 5.98. The van der Waals surface area contributed by atoms with Gasteiger partial charge in [-0.1, -0.05) is 18.2 Å². The van der Waals surface area contributed by atoms with Crippen LogP contribution in [0.5, 0.6) is 0 Å². The summed E-state index contributed by atoms with van der Waals surface area (Å²) in [6.45, 7) is 7.57. The molecular weight excluding hydrogens is 336 g/mol. The number of amides is 1. The van der Waals surface area contributed by atoms with Gasteiger partial charge in [0.2, 0.25) is 15.9 Å². The highest BCUT2D eigenvalue weighted by Gasteiger charge is 2.15.